The molecule has 0 bridgehead atoms. The van der Waals surface area contributed by atoms with Gasteiger partial charge in [-0.05, 0) is 25.1 Å². The van der Waals surface area contributed by atoms with Gasteiger partial charge in [-0.3, -0.25) is 4.79 Å². The summed E-state index contributed by atoms with van der Waals surface area (Å²) < 4.78 is 0.853. The lowest BCUT2D eigenvalue weighted by Crippen LogP contribution is -2.24. The molecular formula is C12H11BrClNO. The number of hydrogen-bond donors (Lipinski definition) is 1. The summed E-state index contributed by atoms with van der Waals surface area (Å²) in [4.78, 5) is 11.7. The molecule has 0 aliphatic rings. The number of rotatable bonds is 3. The van der Waals surface area contributed by atoms with E-state index in [9.17, 15) is 4.79 Å². The van der Waals surface area contributed by atoms with Crippen LogP contribution in [0.15, 0.2) is 22.7 Å². The standard InChI is InChI=1S/C12H11BrClNO/c1-2-3-4-7-15-12(16)10-6-5-9(13)8-11(10)14/h5-6,8H,4,7H2,1H3,(H,15,16). The van der Waals surface area contributed by atoms with Crippen molar-refractivity contribution >= 4 is 33.4 Å². The molecule has 0 aliphatic carbocycles. The predicted octanol–water partition coefficient (Wildman–Crippen LogP) is 3.25. The van der Waals surface area contributed by atoms with Crippen molar-refractivity contribution < 1.29 is 4.79 Å². The molecule has 1 amide bonds. The average Bonchev–Trinajstić information content (AvgIpc) is 2.24. The number of nitrogens with one attached hydrogen (secondary N) is 1. The summed E-state index contributed by atoms with van der Waals surface area (Å²) in [5.41, 5.74) is 0.481. The van der Waals surface area contributed by atoms with Crippen LogP contribution in [-0.2, 0) is 0 Å². The zero-order valence-electron chi connectivity index (χ0n) is 8.81. The van der Waals surface area contributed by atoms with Crippen molar-refractivity contribution in [2.45, 2.75) is 13.3 Å². The molecule has 0 saturated heterocycles. The van der Waals surface area contributed by atoms with Crippen molar-refractivity contribution in [3.63, 3.8) is 0 Å². The summed E-state index contributed by atoms with van der Waals surface area (Å²) in [7, 11) is 0. The highest BCUT2D eigenvalue weighted by molar-refractivity contribution is 9.10. The van der Waals surface area contributed by atoms with Gasteiger partial charge in [0.05, 0.1) is 10.6 Å². The predicted molar refractivity (Wildman–Crippen MR) is 69.6 cm³/mol. The Morgan fingerprint density at radius 3 is 2.94 bits per heavy atom. The lowest BCUT2D eigenvalue weighted by Gasteiger charge is -2.05. The third-order valence-electron chi connectivity index (χ3n) is 1.89. The second kappa shape index (κ2) is 6.57. The Morgan fingerprint density at radius 1 is 1.56 bits per heavy atom. The van der Waals surface area contributed by atoms with E-state index in [1.807, 2.05) is 0 Å². The SMILES string of the molecule is CC#CCCNC(=O)c1ccc(Br)cc1Cl. The van der Waals surface area contributed by atoms with Gasteiger partial charge < -0.3 is 5.32 Å². The summed E-state index contributed by atoms with van der Waals surface area (Å²) in [6.45, 7) is 2.31. The molecule has 1 rings (SSSR count). The Bertz CT molecular complexity index is 448. The lowest BCUT2D eigenvalue weighted by molar-refractivity contribution is 0.0954. The zero-order chi connectivity index (χ0) is 12.0. The van der Waals surface area contributed by atoms with E-state index in [-0.39, 0.29) is 5.91 Å². The largest absolute Gasteiger partial charge is 0.351 e. The van der Waals surface area contributed by atoms with Gasteiger partial charge in [-0.2, -0.15) is 0 Å². The number of halogens is 2. The summed E-state index contributed by atoms with van der Waals surface area (Å²) in [6, 6.07) is 5.17. The summed E-state index contributed by atoms with van der Waals surface area (Å²) in [6.07, 6.45) is 0.649. The van der Waals surface area contributed by atoms with Gasteiger partial charge in [-0.1, -0.05) is 27.5 Å². The Kier molecular flexibility index (Phi) is 5.37. The minimum absolute atomic E-state index is 0.171. The van der Waals surface area contributed by atoms with Crippen LogP contribution in [0.25, 0.3) is 0 Å². The summed E-state index contributed by atoms with van der Waals surface area (Å²) in [5, 5.41) is 3.19. The molecule has 4 heteroatoms. The smallest absolute Gasteiger partial charge is 0.252 e. The summed E-state index contributed by atoms with van der Waals surface area (Å²) in [5.74, 6) is 5.47. The minimum Gasteiger partial charge on any atom is -0.351 e. The molecule has 1 aromatic rings. The molecule has 0 unspecified atom stereocenters. The molecular weight excluding hydrogens is 289 g/mol. The van der Waals surface area contributed by atoms with Crippen LogP contribution in [0, 0.1) is 11.8 Å². The topological polar surface area (TPSA) is 29.1 Å². The Morgan fingerprint density at radius 2 is 2.31 bits per heavy atom. The number of carbonyl (C=O) groups is 1. The van der Waals surface area contributed by atoms with Gasteiger partial charge in [0.15, 0.2) is 0 Å². The van der Waals surface area contributed by atoms with Crippen LogP contribution in [-0.4, -0.2) is 12.5 Å². The van der Waals surface area contributed by atoms with E-state index in [1.54, 1.807) is 25.1 Å². The first-order valence-corrected chi connectivity index (χ1v) is 5.95. The van der Waals surface area contributed by atoms with E-state index < -0.39 is 0 Å². The monoisotopic (exact) mass is 299 g/mol. The quantitative estimate of drug-likeness (QED) is 0.674. The molecule has 0 aliphatic heterocycles. The van der Waals surface area contributed by atoms with Crippen LogP contribution in [0.3, 0.4) is 0 Å². The number of hydrogen-bond acceptors (Lipinski definition) is 1. The van der Waals surface area contributed by atoms with E-state index in [0.29, 0.717) is 23.6 Å². The highest BCUT2D eigenvalue weighted by Gasteiger charge is 2.09. The Hall–Kier alpha value is -0.980. The third-order valence-corrected chi connectivity index (χ3v) is 2.69. The molecule has 0 radical (unpaired) electrons. The zero-order valence-corrected chi connectivity index (χ0v) is 11.2. The van der Waals surface area contributed by atoms with Crippen LogP contribution < -0.4 is 5.32 Å². The first-order valence-electron chi connectivity index (χ1n) is 4.78. The van der Waals surface area contributed by atoms with Crippen molar-refractivity contribution in [2.75, 3.05) is 6.54 Å². The van der Waals surface area contributed by atoms with E-state index in [4.69, 9.17) is 11.6 Å². The maximum atomic E-state index is 11.7. The first-order chi connectivity index (χ1) is 7.65. The van der Waals surface area contributed by atoms with Gasteiger partial charge in [-0.25, -0.2) is 0 Å². The second-order valence-electron chi connectivity index (χ2n) is 3.06. The molecule has 0 aromatic heterocycles. The van der Waals surface area contributed by atoms with Gasteiger partial charge in [0, 0.05) is 17.4 Å². The van der Waals surface area contributed by atoms with E-state index in [0.717, 1.165) is 4.47 Å². The maximum absolute atomic E-state index is 11.7. The van der Waals surface area contributed by atoms with Crippen LogP contribution in [0.2, 0.25) is 5.02 Å². The summed E-state index contributed by atoms with van der Waals surface area (Å²) >= 11 is 9.23. The van der Waals surface area contributed by atoms with Crippen molar-refractivity contribution in [3.8, 4) is 11.8 Å². The number of benzene rings is 1. The molecule has 0 spiro atoms. The lowest BCUT2D eigenvalue weighted by atomic mass is 10.2. The van der Waals surface area contributed by atoms with E-state index in [2.05, 4.69) is 33.1 Å². The molecule has 16 heavy (non-hydrogen) atoms. The fourth-order valence-corrected chi connectivity index (χ4v) is 1.89. The molecule has 0 heterocycles. The molecule has 1 N–H and O–H groups in total. The highest BCUT2D eigenvalue weighted by atomic mass is 79.9. The third kappa shape index (κ3) is 3.88. The molecule has 2 nitrogen and oxygen atoms in total. The molecule has 0 fully saturated rings. The van der Waals surface area contributed by atoms with Crippen molar-refractivity contribution in [1.29, 1.82) is 0 Å². The van der Waals surface area contributed by atoms with E-state index >= 15 is 0 Å². The molecule has 0 atom stereocenters. The molecule has 0 saturated carbocycles. The van der Waals surface area contributed by atoms with Crippen LogP contribution in [0.4, 0.5) is 0 Å². The van der Waals surface area contributed by atoms with Gasteiger partial charge in [0.2, 0.25) is 0 Å². The van der Waals surface area contributed by atoms with Crippen molar-refractivity contribution in [1.82, 2.24) is 5.32 Å². The van der Waals surface area contributed by atoms with Crippen LogP contribution in [0.5, 0.6) is 0 Å². The van der Waals surface area contributed by atoms with Gasteiger partial charge in [0.25, 0.3) is 5.91 Å². The van der Waals surface area contributed by atoms with Gasteiger partial charge in [-0.15, -0.1) is 11.8 Å². The van der Waals surface area contributed by atoms with E-state index in [1.165, 1.54) is 0 Å². The first kappa shape index (κ1) is 13.1. The number of carbonyl (C=O) groups excluding carboxylic acids is 1. The Balaban J connectivity index is 2.61. The minimum atomic E-state index is -0.171. The van der Waals surface area contributed by atoms with Crippen molar-refractivity contribution in [2.24, 2.45) is 0 Å². The van der Waals surface area contributed by atoms with Crippen LogP contribution in [0.1, 0.15) is 23.7 Å². The second-order valence-corrected chi connectivity index (χ2v) is 4.38. The van der Waals surface area contributed by atoms with Crippen LogP contribution >= 0.6 is 27.5 Å². The van der Waals surface area contributed by atoms with Gasteiger partial charge in [0.1, 0.15) is 0 Å². The average molecular weight is 301 g/mol. The van der Waals surface area contributed by atoms with Crippen molar-refractivity contribution in [3.05, 3.63) is 33.3 Å². The number of amides is 1. The highest BCUT2D eigenvalue weighted by Crippen LogP contribution is 2.21. The maximum Gasteiger partial charge on any atom is 0.252 e. The fourth-order valence-electron chi connectivity index (χ4n) is 1.13. The normalized spacial score (nSPS) is 9.19. The molecule has 84 valence electrons. The molecule has 1 aromatic carbocycles. The fraction of sp³-hybridized carbons (Fsp3) is 0.250. The van der Waals surface area contributed by atoms with Gasteiger partial charge >= 0.3 is 0 Å². The Labute approximate surface area is 109 Å².